The lowest BCUT2D eigenvalue weighted by Gasteiger charge is -2.06. The maximum absolute atomic E-state index is 10.9. The Morgan fingerprint density at radius 3 is 1.26 bits per heavy atom. The van der Waals surface area contributed by atoms with Crippen LogP contribution in [-0.4, -0.2) is 18.2 Å². The average molecular weight is 349 g/mol. The van der Waals surface area contributed by atoms with Gasteiger partial charge in [0, 0.05) is 6.66 Å². The second-order valence-electron chi connectivity index (χ2n) is 6.94. The van der Waals surface area contributed by atoms with Crippen LogP contribution in [0.25, 0.3) is 0 Å². The van der Waals surface area contributed by atoms with Crippen LogP contribution in [-0.2, 0) is 9.09 Å². The summed E-state index contributed by atoms with van der Waals surface area (Å²) in [7, 11) is -3.26. The zero-order valence-electron chi connectivity index (χ0n) is 15.7. The van der Waals surface area contributed by atoms with E-state index in [1.807, 2.05) is 0 Å². The number of hydrogen-bond donors (Lipinski definition) is 1. The number of rotatable bonds is 18. The van der Waals surface area contributed by atoms with Crippen LogP contribution in [0.2, 0.25) is 0 Å². The minimum Gasteiger partial charge on any atom is -0.324 e. The van der Waals surface area contributed by atoms with E-state index in [1.54, 1.807) is 0 Å². The maximum Gasteiger partial charge on any atom is 0.325 e. The van der Waals surface area contributed by atoms with E-state index in [4.69, 9.17) is 9.42 Å². The van der Waals surface area contributed by atoms with Crippen LogP contribution in [0.15, 0.2) is 0 Å². The zero-order chi connectivity index (χ0) is 17.2. The van der Waals surface area contributed by atoms with Crippen molar-refractivity contribution in [1.82, 2.24) is 0 Å². The fraction of sp³-hybridized carbons (Fsp3) is 1.00. The van der Waals surface area contributed by atoms with E-state index in [1.165, 1.54) is 96.6 Å². The van der Waals surface area contributed by atoms with Gasteiger partial charge < -0.3 is 9.42 Å². The second kappa shape index (κ2) is 17.0. The van der Waals surface area contributed by atoms with Crippen molar-refractivity contribution in [3.63, 3.8) is 0 Å². The molecular weight excluding hydrogens is 307 g/mol. The van der Waals surface area contributed by atoms with Gasteiger partial charge in [-0.2, -0.15) is 0 Å². The van der Waals surface area contributed by atoms with Gasteiger partial charge in [0.25, 0.3) is 0 Å². The molecule has 140 valence electrons. The molecule has 23 heavy (non-hydrogen) atoms. The fourth-order valence-electron chi connectivity index (χ4n) is 2.88. The molecule has 1 unspecified atom stereocenters. The predicted molar refractivity (Wildman–Crippen MR) is 101 cm³/mol. The summed E-state index contributed by atoms with van der Waals surface area (Å²) in [6.07, 6.45) is 21.4. The third-order valence-electron chi connectivity index (χ3n) is 4.33. The quantitative estimate of drug-likeness (QED) is 0.213. The van der Waals surface area contributed by atoms with Gasteiger partial charge in [-0.1, -0.05) is 103 Å². The first kappa shape index (κ1) is 23.1. The minimum absolute atomic E-state index is 0.419. The molecule has 1 N–H and O–H groups in total. The Morgan fingerprint density at radius 1 is 0.652 bits per heavy atom. The normalized spacial score (nSPS) is 14.0. The molecule has 0 radical (unpaired) electrons. The van der Waals surface area contributed by atoms with E-state index >= 15 is 0 Å². The van der Waals surface area contributed by atoms with Crippen LogP contribution < -0.4 is 0 Å². The molecule has 1 atom stereocenters. The summed E-state index contributed by atoms with van der Waals surface area (Å²) in [5.74, 6) is 0. The maximum atomic E-state index is 10.9. The topological polar surface area (TPSA) is 46.5 Å². The SMILES string of the molecule is CCCCCCCCCCCCCCCCCCOP(C)(=O)O. The van der Waals surface area contributed by atoms with Crippen LogP contribution in [0.3, 0.4) is 0 Å². The molecule has 0 aliphatic heterocycles. The highest BCUT2D eigenvalue weighted by molar-refractivity contribution is 7.51. The highest BCUT2D eigenvalue weighted by atomic mass is 31.2. The minimum atomic E-state index is -3.26. The molecule has 0 saturated heterocycles. The summed E-state index contributed by atoms with van der Waals surface area (Å²) >= 11 is 0. The monoisotopic (exact) mass is 348 g/mol. The van der Waals surface area contributed by atoms with Crippen molar-refractivity contribution in [2.45, 2.75) is 110 Å². The Hall–Kier alpha value is 0.150. The Balaban J connectivity index is 3.01. The van der Waals surface area contributed by atoms with Gasteiger partial charge in [0.2, 0.25) is 0 Å². The van der Waals surface area contributed by atoms with E-state index in [0.29, 0.717) is 6.61 Å². The lowest BCUT2D eigenvalue weighted by Crippen LogP contribution is -1.91. The molecule has 0 amide bonds. The van der Waals surface area contributed by atoms with Crippen molar-refractivity contribution in [3.05, 3.63) is 0 Å². The third kappa shape index (κ3) is 22.2. The van der Waals surface area contributed by atoms with Gasteiger partial charge in [-0.05, 0) is 6.42 Å². The van der Waals surface area contributed by atoms with Gasteiger partial charge in [0.15, 0.2) is 0 Å². The van der Waals surface area contributed by atoms with Gasteiger partial charge in [0.1, 0.15) is 0 Å². The lowest BCUT2D eigenvalue weighted by atomic mass is 10.0. The first-order chi connectivity index (χ1) is 11.1. The molecule has 0 heterocycles. The summed E-state index contributed by atoms with van der Waals surface area (Å²) in [6.45, 7) is 3.94. The number of unbranched alkanes of at least 4 members (excludes halogenated alkanes) is 15. The van der Waals surface area contributed by atoms with Crippen LogP contribution in [0.4, 0.5) is 0 Å². The van der Waals surface area contributed by atoms with Crippen molar-refractivity contribution in [2.24, 2.45) is 0 Å². The van der Waals surface area contributed by atoms with Crippen LogP contribution >= 0.6 is 7.60 Å². The van der Waals surface area contributed by atoms with Gasteiger partial charge in [-0.3, -0.25) is 4.57 Å². The number of hydrogen-bond acceptors (Lipinski definition) is 2. The lowest BCUT2D eigenvalue weighted by molar-refractivity contribution is 0.257. The zero-order valence-corrected chi connectivity index (χ0v) is 16.6. The van der Waals surface area contributed by atoms with Crippen molar-refractivity contribution >= 4 is 7.60 Å². The summed E-state index contributed by atoms with van der Waals surface area (Å²) in [6, 6.07) is 0. The molecule has 0 aliphatic carbocycles. The van der Waals surface area contributed by atoms with E-state index in [0.717, 1.165) is 12.8 Å². The Labute approximate surface area is 145 Å². The first-order valence-corrected chi connectivity index (χ1v) is 12.0. The Morgan fingerprint density at radius 2 is 0.957 bits per heavy atom. The molecule has 0 aromatic rings. The molecule has 0 saturated carbocycles. The summed E-state index contributed by atoms with van der Waals surface area (Å²) < 4.78 is 15.8. The highest BCUT2D eigenvalue weighted by Gasteiger charge is 2.08. The predicted octanol–water partition coefficient (Wildman–Crippen LogP) is 7.08. The molecule has 0 rings (SSSR count). The van der Waals surface area contributed by atoms with Crippen LogP contribution in [0.5, 0.6) is 0 Å². The molecule has 3 nitrogen and oxygen atoms in total. The van der Waals surface area contributed by atoms with Gasteiger partial charge in [-0.15, -0.1) is 0 Å². The standard InChI is InChI=1S/C19H41O3P/c1-3-4-5-6-7-8-9-10-11-12-13-14-15-16-17-18-19-22-23(2,20)21/h3-19H2,1-2H3,(H,20,21). The van der Waals surface area contributed by atoms with Crippen molar-refractivity contribution < 1.29 is 14.0 Å². The molecule has 0 spiro atoms. The van der Waals surface area contributed by atoms with E-state index in [9.17, 15) is 4.57 Å². The summed E-state index contributed by atoms with van der Waals surface area (Å²) in [5.41, 5.74) is 0. The van der Waals surface area contributed by atoms with Crippen molar-refractivity contribution in [3.8, 4) is 0 Å². The first-order valence-electron chi connectivity index (χ1n) is 10.0. The van der Waals surface area contributed by atoms with E-state index < -0.39 is 7.60 Å². The average Bonchev–Trinajstić information content (AvgIpc) is 2.49. The molecule has 0 aliphatic rings. The second-order valence-corrected chi connectivity index (χ2v) is 8.80. The fourth-order valence-corrected chi connectivity index (χ4v) is 3.35. The molecule has 0 fully saturated rings. The summed E-state index contributed by atoms with van der Waals surface area (Å²) in [5, 5.41) is 0. The molecule has 4 heteroatoms. The van der Waals surface area contributed by atoms with Crippen LogP contribution in [0.1, 0.15) is 110 Å². The molecule has 0 aromatic carbocycles. The highest BCUT2D eigenvalue weighted by Crippen LogP contribution is 2.36. The van der Waals surface area contributed by atoms with E-state index in [-0.39, 0.29) is 0 Å². The largest absolute Gasteiger partial charge is 0.325 e. The smallest absolute Gasteiger partial charge is 0.324 e. The molecule has 0 bridgehead atoms. The van der Waals surface area contributed by atoms with Gasteiger partial charge in [0.05, 0.1) is 6.61 Å². The molecule has 0 aromatic heterocycles. The van der Waals surface area contributed by atoms with Gasteiger partial charge >= 0.3 is 7.60 Å². The summed E-state index contributed by atoms with van der Waals surface area (Å²) in [4.78, 5) is 8.98. The van der Waals surface area contributed by atoms with E-state index in [2.05, 4.69) is 6.92 Å². The molecular formula is C19H41O3P. The van der Waals surface area contributed by atoms with Crippen molar-refractivity contribution in [1.29, 1.82) is 0 Å². The Kier molecular flexibility index (Phi) is 17.1. The van der Waals surface area contributed by atoms with Crippen LogP contribution in [0, 0.1) is 0 Å². The third-order valence-corrected chi connectivity index (χ3v) is 4.99. The van der Waals surface area contributed by atoms with Gasteiger partial charge in [-0.25, -0.2) is 0 Å². The Bertz CT molecular complexity index is 276. The van der Waals surface area contributed by atoms with Crippen molar-refractivity contribution in [2.75, 3.05) is 13.3 Å².